The maximum atomic E-state index is 12.2. The van der Waals surface area contributed by atoms with Gasteiger partial charge in [-0.3, -0.25) is 4.79 Å². The van der Waals surface area contributed by atoms with Gasteiger partial charge in [-0.05, 0) is 58.7 Å². The van der Waals surface area contributed by atoms with E-state index in [0.29, 0.717) is 27.6 Å². The molecule has 20 heavy (non-hydrogen) atoms. The second-order valence-corrected chi connectivity index (χ2v) is 5.69. The van der Waals surface area contributed by atoms with Gasteiger partial charge in [0.15, 0.2) is 0 Å². The first kappa shape index (κ1) is 14.7. The molecule has 0 atom stereocenters. The number of amides is 1. The maximum Gasteiger partial charge on any atom is 0.255 e. The van der Waals surface area contributed by atoms with Crippen LogP contribution in [0.15, 0.2) is 34.8 Å². The summed E-state index contributed by atoms with van der Waals surface area (Å²) in [7, 11) is 0. The third kappa shape index (κ3) is 3.23. The average Bonchev–Trinajstić information content (AvgIpc) is 2.34. The maximum absolute atomic E-state index is 12.2. The minimum absolute atomic E-state index is 0.301. The highest BCUT2D eigenvalue weighted by molar-refractivity contribution is 9.10. The lowest BCUT2D eigenvalue weighted by Gasteiger charge is -2.10. The number of aryl methyl sites for hydroxylation is 1. The van der Waals surface area contributed by atoms with Crippen molar-refractivity contribution < 1.29 is 4.79 Å². The Morgan fingerprint density at radius 2 is 1.75 bits per heavy atom. The Morgan fingerprint density at radius 1 is 1.15 bits per heavy atom. The lowest BCUT2D eigenvalue weighted by atomic mass is 10.1. The first-order valence-corrected chi connectivity index (χ1v) is 6.97. The van der Waals surface area contributed by atoms with Crippen LogP contribution in [0.25, 0.3) is 0 Å². The van der Waals surface area contributed by atoms with Crippen LogP contribution in [-0.2, 0) is 0 Å². The fourth-order valence-electron chi connectivity index (χ4n) is 1.74. The second-order valence-electron chi connectivity index (χ2n) is 4.42. The Morgan fingerprint density at radius 3 is 2.35 bits per heavy atom. The van der Waals surface area contributed by atoms with Crippen molar-refractivity contribution >= 4 is 50.5 Å². The summed E-state index contributed by atoms with van der Waals surface area (Å²) in [5.74, 6) is -0.301. The number of carbonyl (C=O) groups is 1. The van der Waals surface area contributed by atoms with Gasteiger partial charge in [0, 0.05) is 26.4 Å². The van der Waals surface area contributed by atoms with Crippen LogP contribution in [0.3, 0.4) is 0 Å². The molecule has 2 aromatic carbocycles. The quantitative estimate of drug-likeness (QED) is 0.717. The normalized spacial score (nSPS) is 10.3. The molecule has 0 spiro atoms. The number of hydrogen-bond donors (Lipinski definition) is 3. The van der Waals surface area contributed by atoms with E-state index in [2.05, 4.69) is 21.2 Å². The molecule has 0 aliphatic rings. The Kier molecular flexibility index (Phi) is 4.20. The van der Waals surface area contributed by atoms with Gasteiger partial charge >= 0.3 is 0 Å². The molecule has 0 saturated carbocycles. The summed E-state index contributed by atoms with van der Waals surface area (Å²) in [4.78, 5) is 12.2. The van der Waals surface area contributed by atoms with Gasteiger partial charge in [-0.2, -0.15) is 0 Å². The van der Waals surface area contributed by atoms with Crippen molar-refractivity contribution in [2.45, 2.75) is 6.92 Å². The van der Waals surface area contributed by atoms with E-state index in [0.717, 1.165) is 10.0 Å². The van der Waals surface area contributed by atoms with Crippen molar-refractivity contribution in [1.82, 2.24) is 0 Å². The van der Waals surface area contributed by atoms with Gasteiger partial charge in [0.2, 0.25) is 0 Å². The van der Waals surface area contributed by atoms with E-state index in [1.165, 1.54) is 0 Å². The lowest BCUT2D eigenvalue weighted by Crippen LogP contribution is -2.13. The molecule has 6 heteroatoms. The Balaban J connectivity index is 2.30. The van der Waals surface area contributed by atoms with Crippen molar-refractivity contribution in [2.75, 3.05) is 16.8 Å². The van der Waals surface area contributed by atoms with Gasteiger partial charge in [-0.15, -0.1) is 0 Å². The molecule has 0 aliphatic heterocycles. The Hall–Kier alpha value is -1.72. The summed E-state index contributed by atoms with van der Waals surface area (Å²) >= 11 is 9.44. The molecule has 4 nitrogen and oxygen atoms in total. The zero-order chi connectivity index (χ0) is 14.9. The van der Waals surface area contributed by atoms with Crippen LogP contribution in [0.4, 0.5) is 17.1 Å². The lowest BCUT2D eigenvalue weighted by molar-refractivity contribution is 0.102. The topological polar surface area (TPSA) is 81.1 Å². The number of rotatable bonds is 2. The van der Waals surface area contributed by atoms with Gasteiger partial charge in [0.05, 0.1) is 5.69 Å². The molecule has 2 aromatic rings. The standard InChI is InChI=1S/C14H13BrClN3O/c1-7-2-11(15)13(6-12(7)16)19-14(20)8-3-9(17)5-10(18)4-8/h2-6H,17-18H2,1H3,(H,19,20). The second kappa shape index (κ2) is 5.73. The van der Waals surface area contributed by atoms with Crippen molar-refractivity contribution in [3.05, 3.63) is 51.0 Å². The van der Waals surface area contributed by atoms with Crippen molar-refractivity contribution in [3.8, 4) is 0 Å². The predicted octanol–water partition coefficient (Wildman–Crippen LogP) is 3.83. The number of hydrogen-bond acceptors (Lipinski definition) is 3. The molecule has 0 bridgehead atoms. The fourth-order valence-corrected chi connectivity index (χ4v) is 2.46. The van der Waals surface area contributed by atoms with Crippen LogP contribution in [0, 0.1) is 6.92 Å². The summed E-state index contributed by atoms with van der Waals surface area (Å²) in [5, 5.41) is 3.35. The van der Waals surface area contributed by atoms with E-state index in [1.54, 1.807) is 24.3 Å². The van der Waals surface area contributed by atoms with Crippen LogP contribution in [0.2, 0.25) is 5.02 Å². The summed E-state index contributed by atoms with van der Waals surface area (Å²) in [5.41, 5.74) is 14.1. The first-order valence-electron chi connectivity index (χ1n) is 5.80. The number of benzene rings is 2. The average molecular weight is 355 g/mol. The SMILES string of the molecule is Cc1cc(Br)c(NC(=O)c2cc(N)cc(N)c2)cc1Cl. The van der Waals surface area contributed by atoms with Crippen molar-refractivity contribution in [1.29, 1.82) is 0 Å². The molecule has 1 amide bonds. The summed E-state index contributed by atoms with van der Waals surface area (Å²) in [6, 6.07) is 8.25. The molecule has 0 unspecified atom stereocenters. The van der Waals surface area contributed by atoms with Gasteiger partial charge < -0.3 is 16.8 Å². The van der Waals surface area contributed by atoms with E-state index in [-0.39, 0.29) is 5.91 Å². The molecule has 2 rings (SSSR count). The summed E-state index contributed by atoms with van der Waals surface area (Å²) < 4.78 is 0.754. The first-order chi connectivity index (χ1) is 9.36. The van der Waals surface area contributed by atoms with Gasteiger partial charge in [-0.25, -0.2) is 0 Å². The molecular formula is C14H13BrClN3O. The highest BCUT2D eigenvalue weighted by Gasteiger charge is 2.11. The smallest absolute Gasteiger partial charge is 0.255 e. The zero-order valence-electron chi connectivity index (χ0n) is 10.7. The third-order valence-corrected chi connectivity index (χ3v) is 3.80. The monoisotopic (exact) mass is 353 g/mol. The summed E-state index contributed by atoms with van der Waals surface area (Å²) in [6.07, 6.45) is 0. The zero-order valence-corrected chi connectivity index (χ0v) is 13.0. The van der Waals surface area contributed by atoms with E-state index >= 15 is 0 Å². The van der Waals surface area contributed by atoms with Gasteiger partial charge in [-0.1, -0.05) is 11.6 Å². The van der Waals surface area contributed by atoms with E-state index in [9.17, 15) is 4.79 Å². The molecule has 104 valence electrons. The van der Waals surface area contributed by atoms with E-state index in [1.807, 2.05) is 13.0 Å². The fraction of sp³-hybridized carbons (Fsp3) is 0.0714. The minimum Gasteiger partial charge on any atom is -0.399 e. The third-order valence-electron chi connectivity index (χ3n) is 2.74. The minimum atomic E-state index is -0.301. The molecule has 0 aliphatic carbocycles. The van der Waals surface area contributed by atoms with E-state index in [4.69, 9.17) is 23.1 Å². The van der Waals surface area contributed by atoms with E-state index < -0.39 is 0 Å². The molecule has 0 fully saturated rings. The van der Waals surface area contributed by atoms with Crippen molar-refractivity contribution in [3.63, 3.8) is 0 Å². The van der Waals surface area contributed by atoms with Crippen LogP contribution in [-0.4, -0.2) is 5.91 Å². The molecule has 0 heterocycles. The summed E-state index contributed by atoms with van der Waals surface area (Å²) in [6.45, 7) is 1.89. The molecular weight excluding hydrogens is 342 g/mol. The Labute approximate surface area is 130 Å². The van der Waals surface area contributed by atoms with Crippen LogP contribution >= 0.6 is 27.5 Å². The van der Waals surface area contributed by atoms with Crippen LogP contribution in [0.5, 0.6) is 0 Å². The molecule has 0 aromatic heterocycles. The number of nitrogen functional groups attached to an aromatic ring is 2. The van der Waals surface area contributed by atoms with Gasteiger partial charge in [0.25, 0.3) is 5.91 Å². The number of nitrogens with two attached hydrogens (primary N) is 2. The van der Waals surface area contributed by atoms with Crippen LogP contribution in [0.1, 0.15) is 15.9 Å². The van der Waals surface area contributed by atoms with Gasteiger partial charge in [0.1, 0.15) is 0 Å². The number of nitrogens with one attached hydrogen (secondary N) is 1. The molecule has 0 radical (unpaired) electrons. The molecule has 0 saturated heterocycles. The van der Waals surface area contributed by atoms with Crippen molar-refractivity contribution in [2.24, 2.45) is 0 Å². The number of carbonyl (C=O) groups excluding carboxylic acids is 1. The largest absolute Gasteiger partial charge is 0.399 e. The molecule has 5 N–H and O–H groups in total. The highest BCUT2D eigenvalue weighted by Crippen LogP contribution is 2.29. The number of anilines is 3. The highest BCUT2D eigenvalue weighted by atomic mass is 79.9. The predicted molar refractivity (Wildman–Crippen MR) is 87.1 cm³/mol. The number of halogens is 2. The Bertz CT molecular complexity index is 668. The van der Waals surface area contributed by atoms with Crippen LogP contribution < -0.4 is 16.8 Å².